The predicted molar refractivity (Wildman–Crippen MR) is 75.9 cm³/mol. The van der Waals surface area contributed by atoms with Gasteiger partial charge in [-0.1, -0.05) is 12.8 Å². The van der Waals surface area contributed by atoms with E-state index >= 15 is 0 Å². The van der Waals surface area contributed by atoms with Crippen LogP contribution in [-0.4, -0.2) is 59.8 Å². The molecule has 0 aromatic rings. The van der Waals surface area contributed by atoms with Crippen molar-refractivity contribution in [3.8, 4) is 0 Å². The normalized spacial score (nSPS) is 36.9. The fraction of sp³-hybridized carbons (Fsp3) is 0.867. The van der Waals surface area contributed by atoms with Gasteiger partial charge in [-0.25, -0.2) is 4.79 Å². The fourth-order valence-electron chi connectivity index (χ4n) is 4.08. The van der Waals surface area contributed by atoms with Gasteiger partial charge in [-0.3, -0.25) is 4.79 Å². The van der Waals surface area contributed by atoms with Gasteiger partial charge in [-0.05, 0) is 31.6 Å². The predicted octanol–water partition coefficient (Wildman–Crippen LogP) is 0.609. The van der Waals surface area contributed by atoms with E-state index in [1.807, 2.05) is 0 Å². The summed E-state index contributed by atoms with van der Waals surface area (Å²) in [5.41, 5.74) is 0. The first-order valence-corrected chi connectivity index (χ1v) is 8.06. The molecule has 118 valence electrons. The summed E-state index contributed by atoms with van der Waals surface area (Å²) in [7, 11) is 0. The van der Waals surface area contributed by atoms with Crippen molar-refractivity contribution in [1.82, 2.24) is 10.2 Å². The van der Waals surface area contributed by atoms with Gasteiger partial charge in [0.05, 0.1) is 6.61 Å². The first kappa shape index (κ1) is 14.8. The number of morpholine rings is 1. The van der Waals surface area contributed by atoms with E-state index < -0.39 is 18.1 Å². The highest BCUT2D eigenvalue weighted by atomic mass is 16.5. The van der Waals surface area contributed by atoms with Crippen LogP contribution in [0.1, 0.15) is 38.5 Å². The smallest absolute Gasteiger partial charge is 0.326 e. The molecule has 2 heterocycles. The number of rotatable bonds is 2. The number of nitrogens with one attached hydrogen (secondary N) is 1. The van der Waals surface area contributed by atoms with Crippen LogP contribution in [0, 0.1) is 5.92 Å². The van der Waals surface area contributed by atoms with Crippen LogP contribution in [0.5, 0.6) is 0 Å². The van der Waals surface area contributed by atoms with Crippen molar-refractivity contribution in [2.75, 3.05) is 19.7 Å². The number of carboxylic acids is 1. The van der Waals surface area contributed by atoms with E-state index in [1.54, 1.807) is 4.90 Å². The number of likely N-dealkylation sites (tertiary alicyclic amines) is 1. The van der Waals surface area contributed by atoms with E-state index in [4.69, 9.17) is 4.74 Å². The van der Waals surface area contributed by atoms with Gasteiger partial charge in [0.2, 0.25) is 0 Å². The number of carbonyl (C=O) groups excluding carboxylic acids is 1. The summed E-state index contributed by atoms with van der Waals surface area (Å²) in [6, 6.07) is -0.589. The Morgan fingerprint density at radius 2 is 1.95 bits per heavy atom. The van der Waals surface area contributed by atoms with E-state index in [-0.39, 0.29) is 11.9 Å². The lowest BCUT2D eigenvalue weighted by molar-refractivity contribution is -0.166. The van der Waals surface area contributed by atoms with Gasteiger partial charge in [0.1, 0.15) is 12.1 Å². The molecular formula is C15H24N2O4. The van der Waals surface area contributed by atoms with Crippen molar-refractivity contribution in [2.45, 2.75) is 56.7 Å². The van der Waals surface area contributed by atoms with Crippen molar-refractivity contribution in [1.29, 1.82) is 0 Å². The van der Waals surface area contributed by atoms with Gasteiger partial charge >= 0.3 is 5.97 Å². The number of ether oxygens (including phenoxy) is 1. The molecule has 4 unspecified atom stereocenters. The Balaban J connectivity index is 1.81. The molecule has 1 amide bonds. The second kappa shape index (κ2) is 6.32. The summed E-state index contributed by atoms with van der Waals surface area (Å²) >= 11 is 0. The molecule has 1 aliphatic carbocycles. The lowest BCUT2D eigenvalue weighted by Gasteiger charge is -2.48. The zero-order valence-corrected chi connectivity index (χ0v) is 12.3. The number of carbonyl (C=O) groups is 2. The lowest BCUT2D eigenvalue weighted by Crippen LogP contribution is -2.61. The van der Waals surface area contributed by atoms with Gasteiger partial charge < -0.3 is 20.1 Å². The molecule has 2 saturated heterocycles. The Bertz CT molecular complexity index is 408. The van der Waals surface area contributed by atoms with Gasteiger partial charge in [0, 0.05) is 19.1 Å². The monoisotopic (exact) mass is 296 g/mol. The molecule has 0 radical (unpaired) electrons. The van der Waals surface area contributed by atoms with Gasteiger partial charge in [0.25, 0.3) is 5.91 Å². The number of fused-ring (bicyclic) bond motifs is 1. The maximum absolute atomic E-state index is 12.8. The van der Waals surface area contributed by atoms with Crippen LogP contribution in [0.4, 0.5) is 0 Å². The Morgan fingerprint density at radius 1 is 1.14 bits per heavy atom. The van der Waals surface area contributed by atoms with Gasteiger partial charge in [-0.15, -0.1) is 0 Å². The number of nitrogens with zero attached hydrogens (tertiary/aromatic N) is 1. The molecule has 6 nitrogen and oxygen atoms in total. The third-order valence-electron chi connectivity index (χ3n) is 5.12. The quantitative estimate of drug-likeness (QED) is 0.780. The second-order valence-electron chi connectivity index (χ2n) is 6.35. The number of hydrogen-bond acceptors (Lipinski definition) is 4. The van der Waals surface area contributed by atoms with Crippen LogP contribution < -0.4 is 5.32 Å². The first-order chi connectivity index (χ1) is 10.2. The maximum atomic E-state index is 12.8. The molecule has 0 bridgehead atoms. The molecule has 3 fully saturated rings. The van der Waals surface area contributed by atoms with E-state index in [2.05, 4.69) is 5.32 Å². The number of carboxylic acid groups (broad SMARTS) is 1. The molecule has 3 aliphatic rings. The van der Waals surface area contributed by atoms with E-state index in [0.29, 0.717) is 25.5 Å². The van der Waals surface area contributed by atoms with Crippen molar-refractivity contribution in [3.05, 3.63) is 0 Å². The molecule has 0 aromatic heterocycles. The van der Waals surface area contributed by atoms with Crippen LogP contribution in [0.2, 0.25) is 0 Å². The highest BCUT2D eigenvalue weighted by molar-refractivity contribution is 5.87. The molecule has 21 heavy (non-hydrogen) atoms. The molecular weight excluding hydrogens is 272 g/mol. The van der Waals surface area contributed by atoms with Crippen LogP contribution in [0.3, 0.4) is 0 Å². The SMILES string of the molecule is O=C(O)C1CCC2CCCCC2N1C(=O)C1CNCCO1. The largest absolute Gasteiger partial charge is 0.480 e. The minimum atomic E-state index is -0.879. The van der Waals surface area contributed by atoms with E-state index in [9.17, 15) is 14.7 Å². The van der Waals surface area contributed by atoms with Crippen LogP contribution >= 0.6 is 0 Å². The number of aliphatic carboxylic acids is 1. The van der Waals surface area contributed by atoms with Crippen molar-refractivity contribution in [2.24, 2.45) is 5.92 Å². The Kier molecular flexibility index (Phi) is 4.45. The number of piperidine rings is 1. The number of hydrogen-bond donors (Lipinski definition) is 2. The molecule has 2 aliphatic heterocycles. The first-order valence-electron chi connectivity index (χ1n) is 8.06. The highest BCUT2D eigenvalue weighted by Crippen LogP contribution is 2.38. The summed E-state index contributed by atoms with van der Waals surface area (Å²) in [6.07, 6.45) is 5.30. The molecule has 0 spiro atoms. The van der Waals surface area contributed by atoms with Crippen LogP contribution in [0.25, 0.3) is 0 Å². The summed E-state index contributed by atoms with van der Waals surface area (Å²) in [5.74, 6) is -0.544. The van der Waals surface area contributed by atoms with Crippen LogP contribution in [-0.2, 0) is 14.3 Å². The van der Waals surface area contributed by atoms with Crippen molar-refractivity contribution in [3.63, 3.8) is 0 Å². The Morgan fingerprint density at radius 3 is 2.67 bits per heavy atom. The molecule has 6 heteroatoms. The second-order valence-corrected chi connectivity index (χ2v) is 6.35. The highest BCUT2D eigenvalue weighted by Gasteiger charge is 2.45. The summed E-state index contributed by atoms with van der Waals surface area (Å²) in [4.78, 5) is 26.1. The average molecular weight is 296 g/mol. The Labute approximate surface area is 124 Å². The molecule has 2 N–H and O–H groups in total. The third kappa shape index (κ3) is 2.92. The van der Waals surface area contributed by atoms with Gasteiger partial charge in [0.15, 0.2) is 0 Å². The minimum absolute atomic E-state index is 0.0895. The van der Waals surface area contributed by atoms with E-state index in [0.717, 1.165) is 32.2 Å². The zero-order chi connectivity index (χ0) is 14.8. The minimum Gasteiger partial charge on any atom is -0.480 e. The maximum Gasteiger partial charge on any atom is 0.326 e. The lowest BCUT2D eigenvalue weighted by atomic mass is 9.76. The molecule has 1 saturated carbocycles. The zero-order valence-electron chi connectivity index (χ0n) is 12.3. The Hall–Kier alpha value is -1.14. The van der Waals surface area contributed by atoms with Crippen molar-refractivity contribution >= 4 is 11.9 Å². The third-order valence-corrected chi connectivity index (χ3v) is 5.12. The summed E-state index contributed by atoms with van der Waals surface area (Å²) < 4.78 is 5.55. The molecule has 0 aromatic carbocycles. The summed E-state index contributed by atoms with van der Waals surface area (Å²) in [6.45, 7) is 1.74. The topological polar surface area (TPSA) is 78.9 Å². The average Bonchev–Trinajstić information content (AvgIpc) is 2.53. The summed E-state index contributed by atoms with van der Waals surface area (Å²) in [5, 5.41) is 12.6. The molecule has 3 rings (SSSR count). The van der Waals surface area contributed by atoms with Gasteiger partial charge in [-0.2, -0.15) is 0 Å². The fourth-order valence-corrected chi connectivity index (χ4v) is 4.08. The van der Waals surface area contributed by atoms with Crippen molar-refractivity contribution < 1.29 is 19.4 Å². The van der Waals surface area contributed by atoms with E-state index in [1.165, 1.54) is 6.42 Å². The standard InChI is InChI=1S/C15H24N2O4/c18-14(13-9-16-7-8-21-13)17-11-4-2-1-3-10(11)5-6-12(17)15(19)20/h10-13,16H,1-9H2,(H,19,20). The number of amides is 1. The molecule has 4 atom stereocenters. The van der Waals surface area contributed by atoms with Crippen LogP contribution in [0.15, 0.2) is 0 Å².